The summed E-state index contributed by atoms with van der Waals surface area (Å²) in [7, 11) is 0. The number of aryl methyl sites for hydroxylation is 1. The van der Waals surface area contributed by atoms with Crippen molar-refractivity contribution in [2.45, 2.75) is 23.5 Å². The first-order valence-corrected chi connectivity index (χ1v) is 7.73. The smallest absolute Gasteiger partial charge is 0.0640 e. The molecule has 0 fully saturated rings. The lowest BCUT2D eigenvalue weighted by Crippen LogP contribution is -2.15. The molecule has 3 heteroatoms. The Morgan fingerprint density at radius 1 is 1.26 bits per heavy atom. The first kappa shape index (κ1) is 12.9. The summed E-state index contributed by atoms with van der Waals surface area (Å²) in [4.78, 5) is 1.42. The van der Waals surface area contributed by atoms with Crippen LogP contribution in [0.15, 0.2) is 47.4 Å². The summed E-state index contributed by atoms with van der Waals surface area (Å²) in [6.45, 7) is 3.00. The minimum absolute atomic E-state index is 0.592. The summed E-state index contributed by atoms with van der Waals surface area (Å²) in [5.74, 6) is 0. The van der Waals surface area contributed by atoms with Gasteiger partial charge in [0.05, 0.1) is 10.7 Å². The molecule has 19 heavy (non-hydrogen) atoms. The summed E-state index contributed by atoms with van der Waals surface area (Å²) in [5.41, 5.74) is 3.69. The molecular weight excluding hydrogens is 274 g/mol. The maximum absolute atomic E-state index is 6.23. The van der Waals surface area contributed by atoms with Crippen LogP contribution in [0.3, 0.4) is 0 Å². The molecule has 0 saturated carbocycles. The molecule has 2 aromatic rings. The Morgan fingerprint density at radius 2 is 2.11 bits per heavy atom. The van der Waals surface area contributed by atoms with Gasteiger partial charge in [0.1, 0.15) is 0 Å². The molecule has 2 aromatic carbocycles. The molecule has 0 aliphatic carbocycles. The van der Waals surface area contributed by atoms with Crippen molar-refractivity contribution in [2.24, 2.45) is 0 Å². The van der Waals surface area contributed by atoms with E-state index < -0.39 is 0 Å². The van der Waals surface area contributed by atoms with Crippen molar-refractivity contribution in [3.63, 3.8) is 0 Å². The molecule has 1 N–H and O–H groups in total. The predicted octanol–water partition coefficient (Wildman–Crippen LogP) is 4.78. The number of hydrogen-bond donors (Lipinski definition) is 1. The van der Waals surface area contributed by atoms with E-state index in [9.17, 15) is 0 Å². The summed E-state index contributed by atoms with van der Waals surface area (Å²) in [6, 6.07) is 14.8. The molecule has 1 unspecified atom stereocenters. The zero-order valence-corrected chi connectivity index (χ0v) is 12.4. The van der Waals surface area contributed by atoms with Crippen molar-refractivity contribution in [3.05, 3.63) is 58.6 Å². The summed E-state index contributed by atoms with van der Waals surface area (Å²) >= 11 is 8.19. The molecule has 1 nitrogen and oxygen atoms in total. The summed E-state index contributed by atoms with van der Waals surface area (Å²) in [6.07, 6.45) is 1.14. The number of nitrogens with one attached hydrogen (secondary N) is 1. The van der Waals surface area contributed by atoms with E-state index in [-0.39, 0.29) is 0 Å². The zero-order chi connectivity index (χ0) is 13.2. The molecule has 0 spiro atoms. The number of rotatable bonds is 3. The fraction of sp³-hybridized carbons (Fsp3) is 0.250. The van der Waals surface area contributed by atoms with Crippen LogP contribution in [-0.2, 0) is 6.42 Å². The van der Waals surface area contributed by atoms with Gasteiger partial charge in [0.15, 0.2) is 0 Å². The van der Waals surface area contributed by atoms with E-state index in [4.69, 9.17) is 11.6 Å². The standard InChI is InChI=1S/C16H16ClNS/c1-11-6-7-15(14(17)8-11)18-10-13-9-12-4-2-3-5-16(12)19-13/h2-8,13,18H,9-10H2,1H3. The van der Waals surface area contributed by atoms with Crippen molar-refractivity contribution >= 4 is 29.1 Å². The second-order valence-electron chi connectivity index (χ2n) is 4.92. The van der Waals surface area contributed by atoms with Gasteiger partial charge in [-0.05, 0) is 42.7 Å². The van der Waals surface area contributed by atoms with E-state index in [1.54, 1.807) is 0 Å². The topological polar surface area (TPSA) is 12.0 Å². The van der Waals surface area contributed by atoms with Gasteiger partial charge < -0.3 is 5.32 Å². The van der Waals surface area contributed by atoms with E-state index in [2.05, 4.69) is 48.6 Å². The number of benzene rings is 2. The molecule has 0 amide bonds. The summed E-state index contributed by atoms with van der Waals surface area (Å²) < 4.78 is 0. The first-order chi connectivity index (χ1) is 9.22. The average Bonchev–Trinajstić information content (AvgIpc) is 2.80. The maximum Gasteiger partial charge on any atom is 0.0640 e. The Balaban J connectivity index is 1.63. The van der Waals surface area contributed by atoms with Gasteiger partial charge in [-0.25, -0.2) is 0 Å². The Bertz CT molecular complexity index is 572. The van der Waals surface area contributed by atoms with Crippen LogP contribution in [0, 0.1) is 6.92 Å². The second kappa shape index (κ2) is 5.48. The lowest BCUT2D eigenvalue weighted by molar-refractivity contribution is 0.899. The molecule has 0 aromatic heterocycles. The molecule has 0 bridgehead atoms. The van der Waals surface area contributed by atoms with Crippen molar-refractivity contribution in [3.8, 4) is 0 Å². The molecule has 98 valence electrons. The van der Waals surface area contributed by atoms with Gasteiger partial charge >= 0.3 is 0 Å². The van der Waals surface area contributed by atoms with Gasteiger partial charge in [0, 0.05) is 16.7 Å². The summed E-state index contributed by atoms with van der Waals surface area (Å²) in [5, 5.41) is 4.86. The van der Waals surface area contributed by atoms with Gasteiger partial charge in [0.2, 0.25) is 0 Å². The lowest BCUT2D eigenvalue weighted by atomic mass is 10.1. The monoisotopic (exact) mass is 289 g/mol. The first-order valence-electron chi connectivity index (χ1n) is 6.47. The Labute approximate surface area is 123 Å². The largest absolute Gasteiger partial charge is 0.383 e. The number of fused-ring (bicyclic) bond motifs is 1. The quantitative estimate of drug-likeness (QED) is 0.873. The maximum atomic E-state index is 6.23. The third-order valence-corrected chi connectivity index (χ3v) is 4.99. The van der Waals surface area contributed by atoms with Gasteiger partial charge in [-0.1, -0.05) is 35.9 Å². The van der Waals surface area contributed by atoms with Crippen LogP contribution in [0.1, 0.15) is 11.1 Å². The van der Waals surface area contributed by atoms with E-state index in [1.807, 2.05) is 17.8 Å². The number of anilines is 1. The highest BCUT2D eigenvalue weighted by Crippen LogP contribution is 2.37. The normalized spacial score (nSPS) is 17.3. The van der Waals surface area contributed by atoms with Gasteiger partial charge in [-0.2, -0.15) is 0 Å². The van der Waals surface area contributed by atoms with Crippen molar-refractivity contribution in [2.75, 3.05) is 11.9 Å². The molecular formula is C16H16ClNS. The molecule has 1 aliphatic heterocycles. The van der Waals surface area contributed by atoms with E-state index in [0.717, 1.165) is 23.7 Å². The lowest BCUT2D eigenvalue weighted by Gasteiger charge is -2.13. The van der Waals surface area contributed by atoms with Crippen LogP contribution in [0.2, 0.25) is 5.02 Å². The van der Waals surface area contributed by atoms with Crippen molar-refractivity contribution in [1.82, 2.24) is 0 Å². The van der Waals surface area contributed by atoms with Crippen LogP contribution in [0.5, 0.6) is 0 Å². The third kappa shape index (κ3) is 2.90. The Hall–Kier alpha value is -1.12. The van der Waals surface area contributed by atoms with Crippen LogP contribution in [0.4, 0.5) is 5.69 Å². The van der Waals surface area contributed by atoms with Crippen LogP contribution < -0.4 is 5.32 Å². The number of thioether (sulfide) groups is 1. The molecule has 0 saturated heterocycles. The van der Waals surface area contributed by atoms with E-state index in [1.165, 1.54) is 16.0 Å². The third-order valence-electron chi connectivity index (χ3n) is 3.36. The number of hydrogen-bond acceptors (Lipinski definition) is 2. The molecule has 0 radical (unpaired) electrons. The predicted molar refractivity (Wildman–Crippen MR) is 84.5 cm³/mol. The minimum Gasteiger partial charge on any atom is -0.383 e. The van der Waals surface area contributed by atoms with Gasteiger partial charge in [-0.3, -0.25) is 0 Å². The van der Waals surface area contributed by atoms with Crippen molar-refractivity contribution < 1.29 is 0 Å². The van der Waals surface area contributed by atoms with E-state index in [0.29, 0.717) is 5.25 Å². The molecule has 1 heterocycles. The minimum atomic E-state index is 0.592. The second-order valence-corrected chi connectivity index (χ2v) is 6.67. The van der Waals surface area contributed by atoms with Crippen LogP contribution >= 0.6 is 23.4 Å². The Morgan fingerprint density at radius 3 is 2.89 bits per heavy atom. The highest BCUT2D eigenvalue weighted by molar-refractivity contribution is 8.00. The van der Waals surface area contributed by atoms with Crippen LogP contribution in [-0.4, -0.2) is 11.8 Å². The Kier molecular flexibility index (Phi) is 3.72. The average molecular weight is 290 g/mol. The highest BCUT2D eigenvalue weighted by atomic mass is 35.5. The molecule has 1 aliphatic rings. The van der Waals surface area contributed by atoms with Crippen molar-refractivity contribution in [1.29, 1.82) is 0 Å². The molecule has 1 atom stereocenters. The number of halogens is 1. The fourth-order valence-corrected chi connectivity index (χ4v) is 3.91. The van der Waals surface area contributed by atoms with Gasteiger partial charge in [0.25, 0.3) is 0 Å². The highest BCUT2D eigenvalue weighted by Gasteiger charge is 2.21. The fourth-order valence-electron chi connectivity index (χ4n) is 2.36. The van der Waals surface area contributed by atoms with Gasteiger partial charge in [-0.15, -0.1) is 11.8 Å². The molecule has 3 rings (SSSR count). The van der Waals surface area contributed by atoms with Crippen LogP contribution in [0.25, 0.3) is 0 Å². The SMILES string of the molecule is Cc1ccc(NCC2Cc3ccccc3S2)c(Cl)c1. The van der Waals surface area contributed by atoms with E-state index >= 15 is 0 Å². The zero-order valence-electron chi connectivity index (χ0n) is 10.8.